The summed E-state index contributed by atoms with van der Waals surface area (Å²) in [6, 6.07) is 5.76. The summed E-state index contributed by atoms with van der Waals surface area (Å²) in [5.74, 6) is 1.46. The maximum absolute atomic E-state index is 13.4. The molecule has 0 bridgehead atoms. The summed E-state index contributed by atoms with van der Waals surface area (Å²) < 4.78 is 13.9. The molecule has 1 aromatic carbocycles. The van der Waals surface area contributed by atoms with Crippen LogP contribution in [0.15, 0.2) is 22.7 Å². The van der Waals surface area contributed by atoms with Crippen LogP contribution in [0.4, 0.5) is 10.1 Å². The van der Waals surface area contributed by atoms with E-state index in [9.17, 15) is 4.39 Å². The van der Waals surface area contributed by atoms with Crippen molar-refractivity contribution in [1.29, 1.82) is 0 Å². The Morgan fingerprint density at radius 3 is 2.44 bits per heavy atom. The minimum atomic E-state index is -0.198. The van der Waals surface area contributed by atoms with Crippen LogP contribution in [0.5, 0.6) is 0 Å². The summed E-state index contributed by atoms with van der Waals surface area (Å²) in [4.78, 5) is 0. The van der Waals surface area contributed by atoms with Gasteiger partial charge in [0.1, 0.15) is 5.82 Å². The summed E-state index contributed by atoms with van der Waals surface area (Å²) in [6.07, 6.45) is 4.96. The van der Waals surface area contributed by atoms with Gasteiger partial charge in [0, 0.05) is 11.7 Å². The first kappa shape index (κ1) is 13.9. The Hall–Kier alpha value is -0.570. The molecular formula is C15H21BrFN. The highest BCUT2D eigenvalue weighted by Gasteiger charge is 2.23. The maximum atomic E-state index is 13.4. The molecule has 18 heavy (non-hydrogen) atoms. The second kappa shape index (κ2) is 6.05. The second-order valence-corrected chi connectivity index (χ2v) is 6.48. The van der Waals surface area contributed by atoms with E-state index in [1.807, 2.05) is 6.07 Å². The lowest BCUT2D eigenvalue weighted by atomic mass is 9.79. The number of nitrogens with one attached hydrogen (secondary N) is 1. The van der Waals surface area contributed by atoms with Crippen LogP contribution < -0.4 is 5.32 Å². The predicted molar refractivity (Wildman–Crippen MR) is 78.3 cm³/mol. The molecule has 0 radical (unpaired) electrons. The summed E-state index contributed by atoms with van der Waals surface area (Å²) in [5, 5.41) is 3.45. The number of benzene rings is 1. The van der Waals surface area contributed by atoms with Crippen molar-refractivity contribution in [3.63, 3.8) is 0 Å². The molecule has 1 aliphatic rings. The first-order valence-electron chi connectivity index (χ1n) is 6.78. The third kappa shape index (κ3) is 3.47. The fourth-order valence-electron chi connectivity index (χ4n) is 2.75. The van der Waals surface area contributed by atoms with Gasteiger partial charge in [-0.2, -0.15) is 0 Å². The molecule has 1 aliphatic carbocycles. The number of hydrogen-bond acceptors (Lipinski definition) is 1. The Morgan fingerprint density at radius 2 is 1.89 bits per heavy atom. The van der Waals surface area contributed by atoms with Gasteiger partial charge in [0.15, 0.2) is 0 Å². The van der Waals surface area contributed by atoms with Crippen molar-refractivity contribution in [2.45, 2.75) is 45.6 Å². The van der Waals surface area contributed by atoms with E-state index in [4.69, 9.17) is 0 Å². The maximum Gasteiger partial charge on any atom is 0.139 e. The van der Waals surface area contributed by atoms with E-state index in [0.717, 1.165) is 17.5 Å². The van der Waals surface area contributed by atoms with Crippen molar-refractivity contribution in [1.82, 2.24) is 0 Å². The normalized spacial score (nSPS) is 24.3. The monoisotopic (exact) mass is 313 g/mol. The largest absolute Gasteiger partial charge is 0.382 e. The molecule has 2 rings (SSSR count). The third-order valence-electron chi connectivity index (χ3n) is 4.01. The predicted octanol–water partition coefficient (Wildman–Crippen LogP) is 5.21. The van der Waals surface area contributed by atoms with Crippen LogP contribution in [-0.2, 0) is 0 Å². The smallest absolute Gasteiger partial charge is 0.139 e. The molecular weight excluding hydrogens is 293 g/mol. The molecule has 0 saturated heterocycles. The third-order valence-corrected chi connectivity index (χ3v) is 4.65. The van der Waals surface area contributed by atoms with Gasteiger partial charge < -0.3 is 5.32 Å². The van der Waals surface area contributed by atoms with Gasteiger partial charge in [-0.1, -0.05) is 13.8 Å². The number of halogens is 2. The molecule has 0 aromatic heterocycles. The van der Waals surface area contributed by atoms with Crippen LogP contribution >= 0.6 is 15.9 Å². The number of anilines is 1. The van der Waals surface area contributed by atoms with Crippen molar-refractivity contribution in [3.05, 3.63) is 28.5 Å². The van der Waals surface area contributed by atoms with E-state index in [1.54, 1.807) is 12.1 Å². The van der Waals surface area contributed by atoms with Gasteiger partial charge in [0.2, 0.25) is 0 Å². The highest BCUT2D eigenvalue weighted by atomic mass is 79.9. The van der Waals surface area contributed by atoms with Crippen molar-refractivity contribution < 1.29 is 4.39 Å². The molecule has 100 valence electrons. The fraction of sp³-hybridized carbons (Fsp3) is 0.600. The molecule has 3 heteroatoms. The van der Waals surface area contributed by atoms with E-state index in [0.29, 0.717) is 10.5 Å². The zero-order valence-corrected chi connectivity index (χ0v) is 12.6. The fourth-order valence-corrected chi connectivity index (χ4v) is 3.00. The Bertz CT molecular complexity index is 397. The zero-order chi connectivity index (χ0) is 13.1. The lowest BCUT2D eigenvalue weighted by molar-refractivity contribution is 0.267. The zero-order valence-electron chi connectivity index (χ0n) is 11.0. The lowest BCUT2D eigenvalue weighted by Crippen LogP contribution is -2.27. The van der Waals surface area contributed by atoms with Crippen molar-refractivity contribution in [2.75, 3.05) is 5.32 Å². The Labute approximate surface area is 117 Å². The Kier molecular flexibility index (Phi) is 4.66. The van der Waals surface area contributed by atoms with E-state index < -0.39 is 0 Å². The quantitative estimate of drug-likeness (QED) is 0.807. The average molecular weight is 314 g/mol. The highest BCUT2D eigenvalue weighted by Crippen LogP contribution is 2.31. The van der Waals surface area contributed by atoms with Gasteiger partial charge in [-0.15, -0.1) is 0 Å². The van der Waals surface area contributed by atoms with Crippen molar-refractivity contribution in [3.8, 4) is 0 Å². The number of rotatable bonds is 3. The molecule has 0 amide bonds. The molecule has 0 heterocycles. The molecule has 0 atom stereocenters. The molecule has 0 spiro atoms. The van der Waals surface area contributed by atoms with Gasteiger partial charge >= 0.3 is 0 Å². The summed E-state index contributed by atoms with van der Waals surface area (Å²) in [5.41, 5.74) is 0.892. The van der Waals surface area contributed by atoms with Gasteiger partial charge in [-0.05, 0) is 71.6 Å². The molecule has 1 saturated carbocycles. The van der Waals surface area contributed by atoms with Gasteiger partial charge in [-0.25, -0.2) is 4.39 Å². The highest BCUT2D eigenvalue weighted by molar-refractivity contribution is 9.10. The summed E-state index contributed by atoms with van der Waals surface area (Å²) in [7, 11) is 0. The molecule has 1 N–H and O–H groups in total. The van der Waals surface area contributed by atoms with Crippen LogP contribution in [-0.4, -0.2) is 6.04 Å². The topological polar surface area (TPSA) is 12.0 Å². The van der Waals surface area contributed by atoms with E-state index in [-0.39, 0.29) is 5.82 Å². The van der Waals surface area contributed by atoms with Crippen LogP contribution in [0.1, 0.15) is 39.5 Å². The number of hydrogen-bond donors (Lipinski definition) is 1. The van der Waals surface area contributed by atoms with Gasteiger partial charge in [0.25, 0.3) is 0 Å². The standard InChI is InChI=1S/C15H21BrFN/c1-10(2)11-3-5-12(6-4-11)18-13-7-8-14(16)15(17)9-13/h7-12,18H,3-6H2,1-2H3. The molecule has 1 aromatic rings. The molecule has 1 fully saturated rings. The minimum Gasteiger partial charge on any atom is -0.382 e. The Balaban J connectivity index is 1.89. The van der Waals surface area contributed by atoms with E-state index >= 15 is 0 Å². The Morgan fingerprint density at radius 1 is 1.22 bits per heavy atom. The second-order valence-electron chi connectivity index (χ2n) is 5.63. The molecule has 0 aliphatic heterocycles. The SMILES string of the molecule is CC(C)C1CCC(Nc2ccc(Br)c(F)c2)CC1. The molecule has 1 nitrogen and oxygen atoms in total. The first-order chi connectivity index (χ1) is 8.56. The summed E-state index contributed by atoms with van der Waals surface area (Å²) in [6.45, 7) is 4.62. The van der Waals surface area contributed by atoms with Crippen molar-refractivity contribution >= 4 is 21.6 Å². The summed E-state index contributed by atoms with van der Waals surface area (Å²) >= 11 is 3.18. The van der Waals surface area contributed by atoms with Gasteiger partial charge in [-0.3, -0.25) is 0 Å². The van der Waals surface area contributed by atoms with Crippen LogP contribution in [0.3, 0.4) is 0 Å². The van der Waals surface area contributed by atoms with Crippen LogP contribution in [0.25, 0.3) is 0 Å². The van der Waals surface area contributed by atoms with E-state index in [1.165, 1.54) is 25.7 Å². The minimum absolute atomic E-state index is 0.198. The first-order valence-corrected chi connectivity index (χ1v) is 7.57. The van der Waals surface area contributed by atoms with E-state index in [2.05, 4.69) is 35.1 Å². The van der Waals surface area contributed by atoms with Crippen LogP contribution in [0.2, 0.25) is 0 Å². The van der Waals surface area contributed by atoms with Crippen molar-refractivity contribution in [2.24, 2.45) is 11.8 Å². The lowest BCUT2D eigenvalue weighted by Gasteiger charge is -2.31. The van der Waals surface area contributed by atoms with Crippen LogP contribution in [0, 0.1) is 17.7 Å². The average Bonchev–Trinajstić information content (AvgIpc) is 2.34. The van der Waals surface area contributed by atoms with Gasteiger partial charge in [0.05, 0.1) is 4.47 Å². The molecule has 0 unspecified atom stereocenters.